The summed E-state index contributed by atoms with van der Waals surface area (Å²) in [5.41, 5.74) is 16.0. The van der Waals surface area contributed by atoms with Crippen LogP contribution < -0.4 is 4.90 Å². The Labute approximate surface area is 360 Å². The van der Waals surface area contributed by atoms with E-state index in [0.717, 1.165) is 67.0 Å². The van der Waals surface area contributed by atoms with Crippen LogP contribution in [0.2, 0.25) is 5.02 Å². The van der Waals surface area contributed by atoms with Gasteiger partial charge in [0.25, 0.3) is 0 Å². The van der Waals surface area contributed by atoms with Crippen molar-refractivity contribution in [2.24, 2.45) is 0 Å². The number of para-hydroxylation sites is 1. The summed E-state index contributed by atoms with van der Waals surface area (Å²) in [5, 5.41) is 10.4. The largest absolute Gasteiger partial charge is 0.455 e. The second-order valence-electron chi connectivity index (χ2n) is 16.2. The second-order valence-corrected chi connectivity index (χ2v) is 16.7. The molecule has 0 unspecified atom stereocenters. The number of anilines is 3. The van der Waals surface area contributed by atoms with Crippen molar-refractivity contribution in [2.45, 2.75) is 27.2 Å². The minimum absolute atomic E-state index is 0.748. The molecule has 0 aliphatic rings. The lowest BCUT2D eigenvalue weighted by Crippen LogP contribution is -2.10. The second kappa shape index (κ2) is 14.9. The molecule has 0 fully saturated rings. The van der Waals surface area contributed by atoms with Crippen LogP contribution in [0.15, 0.2) is 192 Å². The number of furan rings is 1. The Kier molecular flexibility index (Phi) is 8.99. The van der Waals surface area contributed by atoms with Crippen molar-refractivity contribution in [2.75, 3.05) is 4.90 Å². The van der Waals surface area contributed by atoms with Crippen molar-refractivity contribution in [1.82, 2.24) is 0 Å². The number of nitrogens with zero attached hydrogens (tertiary/aromatic N) is 1. The van der Waals surface area contributed by atoms with Crippen LogP contribution >= 0.6 is 11.6 Å². The smallest absolute Gasteiger partial charge is 0.143 e. The zero-order valence-electron chi connectivity index (χ0n) is 34.3. The molecule has 11 rings (SSSR count). The zero-order valence-corrected chi connectivity index (χ0v) is 35.1. The molecular weight excluding hydrogens is 762 g/mol. The molecule has 0 aliphatic heterocycles. The fourth-order valence-electron chi connectivity index (χ4n) is 9.45. The van der Waals surface area contributed by atoms with E-state index in [1.807, 2.05) is 18.2 Å². The van der Waals surface area contributed by atoms with Crippen LogP contribution in [0, 0.1) is 13.8 Å². The lowest BCUT2D eigenvalue weighted by molar-refractivity contribution is 0.670. The Morgan fingerprint density at radius 3 is 1.93 bits per heavy atom. The third-order valence-electron chi connectivity index (χ3n) is 12.5. The summed E-state index contributed by atoms with van der Waals surface area (Å²) in [6.45, 7) is 6.65. The van der Waals surface area contributed by atoms with Gasteiger partial charge in [-0.1, -0.05) is 140 Å². The molecule has 0 atom stereocenters. The SMILES string of the molecule is CCc1cc(-c2ccc(N(c3ccc(-c4ccc(-c5cccc6ccccc56)c(C)c4)cc3)c3cc(C)c4c(ccc5cc(Cl)ccc54)c3)cc2)c2oc3ccccc3c2c1. The van der Waals surface area contributed by atoms with Crippen LogP contribution in [0.1, 0.15) is 23.6 Å². The molecule has 0 spiro atoms. The van der Waals surface area contributed by atoms with Gasteiger partial charge in [0.15, 0.2) is 0 Å². The minimum atomic E-state index is 0.748. The Hall–Kier alpha value is -7.13. The third kappa shape index (κ3) is 6.43. The molecule has 0 radical (unpaired) electrons. The highest BCUT2D eigenvalue weighted by atomic mass is 35.5. The lowest BCUT2D eigenvalue weighted by Gasteiger charge is -2.27. The van der Waals surface area contributed by atoms with Gasteiger partial charge in [-0.3, -0.25) is 0 Å². The first kappa shape index (κ1) is 36.9. The molecule has 0 amide bonds. The molecule has 10 aromatic carbocycles. The maximum absolute atomic E-state index is 6.53. The summed E-state index contributed by atoms with van der Waals surface area (Å²) in [7, 11) is 0. The first-order chi connectivity index (χ1) is 29.9. The Morgan fingerprint density at radius 1 is 0.443 bits per heavy atom. The van der Waals surface area contributed by atoms with E-state index >= 15 is 0 Å². The fraction of sp³-hybridized carbons (Fsp3) is 0.0690. The Bertz CT molecular complexity index is 3480. The van der Waals surface area contributed by atoms with E-state index in [1.54, 1.807) is 0 Å². The summed E-state index contributed by atoms with van der Waals surface area (Å²) >= 11 is 6.42. The van der Waals surface area contributed by atoms with Gasteiger partial charge in [-0.2, -0.15) is 0 Å². The predicted molar refractivity (Wildman–Crippen MR) is 261 cm³/mol. The average Bonchev–Trinajstić information content (AvgIpc) is 3.67. The van der Waals surface area contributed by atoms with Crippen LogP contribution in [0.5, 0.6) is 0 Å². The van der Waals surface area contributed by atoms with Gasteiger partial charge < -0.3 is 9.32 Å². The van der Waals surface area contributed by atoms with Gasteiger partial charge in [-0.25, -0.2) is 0 Å². The number of hydrogen-bond acceptors (Lipinski definition) is 2. The quantitative estimate of drug-likeness (QED) is 0.149. The van der Waals surface area contributed by atoms with Gasteiger partial charge in [0.05, 0.1) is 0 Å². The highest BCUT2D eigenvalue weighted by molar-refractivity contribution is 6.31. The van der Waals surface area contributed by atoms with E-state index in [9.17, 15) is 0 Å². The number of benzene rings is 10. The van der Waals surface area contributed by atoms with Gasteiger partial charge >= 0.3 is 0 Å². The van der Waals surface area contributed by atoms with Gasteiger partial charge in [-0.05, 0) is 164 Å². The monoisotopic (exact) mass is 803 g/mol. The lowest BCUT2D eigenvalue weighted by atomic mass is 9.92. The molecule has 2 nitrogen and oxygen atoms in total. The summed E-state index contributed by atoms with van der Waals surface area (Å²) in [6, 6.07) is 68.1. The number of hydrogen-bond donors (Lipinski definition) is 0. The highest BCUT2D eigenvalue weighted by Crippen LogP contribution is 2.43. The molecule has 0 N–H and O–H groups in total. The summed E-state index contributed by atoms with van der Waals surface area (Å²) in [5.74, 6) is 0. The maximum atomic E-state index is 6.53. The summed E-state index contributed by atoms with van der Waals surface area (Å²) in [6.07, 6.45) is 0.946. The Morgan fingerprint density at radius 2 is 1.15 bits per heavy atom. The van der Waals surface area contributed by atoms with Crippen molar-refractivity contribution in [3.63, 3.8) is 0 Å². The molecular formula is C58H42ClNO. The van der Waals surface area contributed by atoms with Crippen molar-refractivity contribution in [3.8, 4) is 33.4 Å². The fourth-order valence-corrected chi connectivity index (χ4v) is 9.63. The molecule has 3 heteroatoms. The first-order valence-electron chi connectivity index (χ1n) is 21.1. The molecule has 61 heavy (non-hydrogen) atoms. The number of rotatable bonds is 7. The summed E-state index contributed by atoms with van der Waals surface area (Å²) < 4.78 is 6.53. The van der Waals surface area contributed by atoms with Gasteiger partial charge in [0, 0.05) is 38.4 Å². The highest BCUT2D eigenvalue weighted by Gasteiger charge is 2.19. The van der Waals surface area contributed by atoms with Crippen LogP contribution in [-0.4, -0.2) is 0 Å². The van der Waals surface area contributed by atoms with E-state index in [-0.39, 0.29) is 0 Å². The van der Waals surface area contributed by atoms with Crippen LogP contribution in [0.3, 0.4) is 0 Å². The van der Waals surface area contributed by atoms with E-state index < -0.39 is 0 Å². The minimum Gasteiger partial charge on any atom is -0.455 e. The molecule has 0 aliphatic carbocycles. The average molecular weight is 804 g/mol. The van der Waals surface area contributed by atoms with Crippen molar-refractivity contribution >= 4 is 82.9 Å². The molecule has 292 valence electrons. The normalized spacial score (nSPS) is 11.7. The molecule has 0 bridgehead atoms. The van der Waals surface area contributed by atoms with Gasteiger partial charge in [-0.15, -0.1) is 0 Å². The first-order valence-corrected chi connectivity index (χ1v) is 21.4. The molecule has 0 saturated carbocycles. The Balaban J connectivity index is 1.01. The maximum Gasteiger partial charge on any atom is 0.143 e. The molecule has 0 saturated heterocycles. The van der Waals surface area contributed by atoms with Crippen LogP contribution in [0.25, 0.3) is 87.6 Å². The van der Waals surface area contributed by atoms with Crippen molar-refractivity contribution < 1.29 is 4.42 Å². The topological polar surface area (TPSA) is 16.4 Å². The standard InChI is InChI=1S/C58H42ClNO/c1-4-38-32-54(58-55(33-38)53-13-7-8-15-56(53)61-58)41-20-26-47(27-21-41)60(48-31-37(3)57-44(35-48)17-16-43-34-45(59)23-29-51(43)57)46-24-18-39(19-25-46)42-22-28-49(36(2)30-42)52-14-9-11-40-10-5-6-12-50(40)52/h5-35H,4H2,1-3H3. The van der Waals surface area contributed by atoms with E-state index in [1.165, 1.54) is 65.9 Å². The number of halogens is 1. The van der Waals surface area contributed by atoms with E-state index in [2.05, 4.69) is 196 Å². The summed E-state index contributed by atoms with van der Waals surface area (Å²) in [4.78, 5) is 2.38. The number of fused-ring (bicyclic) bond motifs is 7. The van der Waals surface area contributed by atoms with E-state index in [0.29, 0.717) is 0 Å². The predicted octanol–water partition coefficient (Wildman–Crippen LogP) is 17.3. The zero-order chi connectivity index (χ0) is 41.2. The van der Waals surface area contributed by atoms with Crippen molar-refractivity contribution in [3.05, 3.63) is 210 Å². The van der Waals surface area contributed by atoms with Gasteiger partial charge in [0.2, 0.25) is 0 Å². The van der Waals surface area contributed by atoms with Crippen molar-refractivity contribution in [1.29, 1.82) is 0 Å². The number of aryl methyl sites for hydroxylation is 3. The third-order valence-corrected chi connectivity index (χ3v) is 12.7. The molecule has 1 aromatic heterocycles. The van der Waals surface area contributed by atoms with Crippen LogP contribution in [-0.2, 0) is 6.42 Å². The van der Waals surface area contributed by atoms with Crippen LogP contribution in [0.4, 0.5) is 17.1 Å². The van der Waals surface area contributed by atoms with Gasteiger partial charge in [0.1, 0.15) is 11.2 Å². The molecule has 1 heterocycles. The van der Waals surface area contributed by atoms with E-state index in [4.69, 9.17) is 16.0 Å². The molecule has 11 aromatic rings.